The highest BCUT2D eigenvalue weighted by Crippen LogP contribution is 2.23. The number of hydrogen-bond donors (Lipinski definition) is 0. The second-order valence-electron chi connectivity index (χ2n) is 7.73. The van der Waals surface area contributed by atoms with Crippen LogP contribution in [0.4, 0.5) is 0 Å². The van der Waals surface area contributed by atoms with Crippen LogP contribution < -0.4 is 0 Å². The minimum atomic E-state index is 0.133. The van der Waals surface area contributed by atoms with Crippen molar-refractivity contribution in [1.29, 1.82) is 0 Å². The third-order valence-electron chi connectivity index (χ3n) is 5.75. The Balaban J connectivity index is 1.44. The molecule has 0 bridgehead atoms. The summed E-state index contributed by atoms with van der Waals surface area (Å²) in [4.78, 5) is 28.4. The molecule has 7 nitrogen and oxygen atoms in total. The van der Waals surface area contributed by atoms with Crippen molar-refractivity contribution >= 4 is 16.6 Å². The average molecular weight is 393 g/mol. The predicted molar refractivity (Wildman–Crippen MR) is 111 cm³/mol. The fourth-order valence-corrected chi connectivity index (χ4v) is 3.95. The number of ketones is 1. The van der Waals surface area contributed by atoms with Crippen molar-refractivity contribution < 1.29 is 9.53 Å². The van der Waals surface area contributed by atoms with Crippen LogP contribution in [0.5, 0.6) is 0 Å². The van der Waals surface area contributed by atoms with Crippen molar-refractivity contribution in [3.8, 4) is 11.4 Å². The van der Waals surface area contributed by atoms with E-state index >= 15 is 0 Å². The number of imidazole rings is 1. The van der Waals surface area contributed by atoms with Crippen LogP contribution in [0.25, 0.3) is 22.2 Å². The average Bonchev–Trinajstić information content (AvgIpc) is 3.18. The van der Waals surface area contributed by atoms with E-state index in [2.05, 4.69) is 19.9 Å². The van der Waals surface area contributed by atoms with Gasteiger partial charge in [-0.25, -0.2) is 4.98 Å². The highest BCUT2D eigenvalue weighted by Gasteiger charge is 2.25. The van der Waals surface area contributed by atoms with Gasteiger partial charge in [-0.1, -0.05) is 0 Å². The number of likely N-dealkylation sites (tertiary alicyclic amines) is 1. The molecule has 3 aromatic heterocycles. The van der Waals surface area contributed by atoms with Crippen molar-refractivity contribution in [3.63, 3.8) is 0 Å². The molecule has 152 valence electrons. The number of hydrogen-bond acceptors (Lipinski definition) is 6. The molecular weight excluding hydrogens is 366 g/mol. The summed E-state index contributed by atoms with van der Waals surface area (Å²) in [6.45, 7) is 3.61. The number of Topliss-reactive ketones (excluding diaryl/α,β-unsaturated/α-hetero) is 1. The van der Waals surface area contributed by atoms with Crippen molar-refractivity contribution in [3.05, 3.63) is 42.7 Å². The zero-order chi connectivity index (χ0) is 20.2. The molecule has 0 radical (unpaired) electrons. The summed E-state index contributed by atoms with van der Waals surface area (Å²) >= 11 is 0. The fourth-order valence-electron chi connectivity index (χ4n) is 3.95. The largest absolute Gasteiger partial charge is 0.383 e. The lowest BCUT2D eigenvalue weighted by atomic mass is 9.90. The molecule has 7 heteroatoms. The summed E-state index contributed by atoms with van der Waals surface area (Å²) < 4.78 is 7.09. The molecule has 3 aromatic rings. The number of carbonyl (C=O) groups excluding carboxylic acids is 1. The maximum Gasteiger partial charge on any atom is 0.142 e. The Morgan fingerprint density at radius 3 is 2.66 bits per heavy atom. The van der Waals surface area contributed by atoms with E-state index in [0.29, 0.717) is 12.2 Å². The Hall–Kier alpha value is -2.64. The van der Waals surface area contributed by atoms with Crippen LogP contribution in [0.1, 0.15) is 18.5 Å². The molecule has 1 aliphatic rings. The summed E-state index contributed by atoms with van der Waals surface area (Å²) in [5.74, 6) is 0.429. The number of aromatic nitrogens is 4. The number of pyridine rings is 2. The van der Waals surface area contributed by atoms with Gasteiger partial charge in [0.2, 0.25) is 0 Å². The fraction of sp³-hybridized carbons (Fsp3) is 0.455. The second kappa shape index (κ2) is 8.80. The first kappa shape index (κ1) is 19.7. The lowest BCUT2D eigenvalue weighted by Gasteiger charge is -2.30. The van der Waals surface area contributed by atoms with E-state index in [1.54, 1.807) is 19.6 Å². The smallest absolute Gasteiger partial charge is 0.142 e. The van der Waals surface area contributed by atoms with Crippen LogP contribution in [0, 0.1) is 5.92 Å². The predicted octanol–water partition coefficient (Wildman–Crippen LogP) is 2.50. The molecule has 0 N–H and O–H groups in total. The normalized spacial score (nSPS) is 15.8. The van der Waals surface area contributed by atoms with Crippen molar-refractivity contribution in [1.82, 2.24) is 24.4 Å². The van der Waals surface area contributed by atoms with Gasteiger partial charge in [-0.05, 0) is 43.5 Å². The number of nitrogens with zero attached hydrogens (tertiary/aromatic N) is 5. The molecule has 0 atom stereocenters. The maximum atomic E-state index is 12.8. The lowest BCUT2D eigenvalue weighted by Crippen LogP contribution is -2.38. The Morgan fingerprint density at radius 2 is 1.93 bits per heavy atom. The molecule has 0 saturated carbocycles. The minimum Gasteiger partial charge on any atom is -0.383 e. The van der Waals surface area contributed by atoms with Crippen LogP contribution >= 0.6 is 0 Å². The molecule has 1 aliphatic heterocycles. The van der Waals surface area contributed by atoms with Gasteiger partial charge in [0.05, 0.1) is 30.5 Å². The van der Waals surface area contributed by atoms with Crippen LogP contribution in [0.15, 0.2) is 37.1 Å². The quantitative estimate of drug-likeness (QED) is 0.614. The molecule has 0 amide bonds. The maximum absolute atomic E-state index is 12.8. The number of aryl methyl sites for hydroxylation is 1. The van der Waals surface area contributed by atoms with Gasteiger partial charge in [0, 0.05) is 56.5 Å². The standard InChI is InChI=1S/C22H27N5O2/c1-26-15-23-14-21(26)20-10-17-9-19(24-12-18(17)13-25-20)11-22(28)16-3-5-27(6-4-16)7-8-29-2/h9-10,12-16H,3-8,11H2,1-2H3. The zero-order valence-corrected chi connectivity index (χ0v) is 17.0. The second-order valence-corrected chi connectivity index (χ2v) is 7.73. The summed E-state index contributed by atoms with van der Waals surface area (Å²) in [6.07, 6.45) is 9.44. The SMILES string of the molecule is COCCN1CCC(C(=O)Cc2cc3cc(-c4cncn4C)ncc3cn2)CC1. The van der Waals surface area contributed by atoms with E-state index < -0.39 is 0 Å². The first-order chi connectivity index (χ1) is 14.1. The Kier molecular flexibility index (Phi) is 5.97. The molecule has 1 fully saturated rings. The zero-order valence-electron chi connectivity index (χ0n) is 17.0. The number of ether oxygens (including phenoxy) is 1. The van der Waals surface area contributed by atoms with E-state index in [9.17, 15) is 4.79 Å². The van der Waals surface area contributed by atoms with Crippen molar-refractivity contribution in [2.75, 3.05) is 33.4 Å². The van der Waals surface area contributed by atoms with E-state index in [4.69, 9.17) is 4.74 Å². The van der Waals surface area contributed by atoms with Gasteiger partial charge in [0.25, 0.3) is 0 Å². The topological polar surface area (TPSA) is 73.1 Å². The van der Waals surface area contributed by atoms with E-state index in [-0.39, 0.29) is 5.92 Å². The summed E-state index contributed by atoms with van der Waals surface area (Å²) in [5.41, 5.74) is 2.65. The number of rotatable bonds is 7. The van der Waals surface area contributed by atoms with Crippen LogP contribution in [-0.4, -0.2) is 63.6 Å². The molecular formula is C22H27N5O2. The van der Waals surface area contributed by atoms with Crippen LogP contribution in [-0.2, 0) is 23.0 Å². The van der Waals surface area contributed by atoms with E-state index in [0.717, 1.165) is 66.9 Å². The number of fused-ring (bicyclic) bond motifs is 1. The van der Waals surface area contributed by atoms with Gasteiger partial charge < -0.3 is 14.2 Å². The lowest BCUT2D eigenvalue weighted by molar-refractivity contribution is -0.123. The van der Waals surface area contributed by atoms with E-state index in [1.807, 2.05) is 36.1 Å². The molecule has 29 heavy (non-hydrogen) atoms. The third kappa shape index (κ3) is 4.52. The number of piperidine rings is 1. The van der Waals surface area contributed by atoms with Gasteiger partial charge in [0.15, 0.2) is 0 Å². The first-order valence-electron chi connectivity index (χ1n) is 10.1. The number of methoxy groups -OCH3 is 1. The molecule has 0 unspecified atom stereocenters. The highest BCUT2D eigenvalue weighted by atomic mass is 16.5. The Labute approximate surface area is 170 Å². The van der Waals surface area contributed by atoms with Gasteiger partial charge in [0.1, 0.15) is 5.78 Å². The molecule has 0 aliphatic carbocycles. The van der Waals surface area contributed by atoms with Crippen LogP contribution in [0.2, 0.25) is 0 Å². The summed E-state index contributed by atoms with van der Waals surface area (Å²) in [5, 5.41) is 2.02. The number of carbonyl (C=O) groups is 1. The first-order valence-corrected chi connectivity index (χ1v) is 10.1. The highest BCUT2D eigenvalue weighted by molar-refractivity contribution is 5.87. The van der Waals surface area contributed by atoms with Gasteiger partial charge in [-0.2, -0.15) is 0 Å². The molecule has 4 rings (SSSR count). The molecule has 1 saturated heterocycles. The third-order valence-corrected chi connectivity index (χ3v) is 5.75. The Morgan fingerprint density at radius 1 is 1.14 bits per heavy atom. The molecule has 4 heterocycles. The van der Waals surface area contributed by atoms with Crippen molar-refractivity contribution in [2.24, 2.45) is 13.0 Å². The Bertz CT molecular complexity index is 992. The molecule has 0 spiro atoms. The van der Waals surface area contributed by atoms with E-state index in [1.165, 1.54) is 0 Å². The monoisotopic (exact) mass is 393 g/mol. The molecule has 0 aromatic carbocycles. The minimum absolute atomic E-state index is 0.133. The van der Waals surface area contributed by atoms with Crippen molar-refractivity contribution in [2.45, 2.75) is 19.3 Å². The van der Waals surface area contributed by atoms with Crippen LogP contribution in [0.3, 0.4) is 0 Å². The van der Waals surface area contributed by atoms with Gasteiger partial charge in [-0.3, -0.25) is 14.8 Å². The van der Waals surface area contributed by atoms with Gasteiger partial charge >= 0.3 is 0 Å². The van der Waals surface area contributed by atoms with Gasteiger partial charge in [-0.15, -0.1) is 0 Å². The summed E-state index contributed by atoms with van der Waals surface area (Å²) in [7, 11) is 3.67. The summed E-state index contributed by atoms with van der Waals surface area (Å²) in [6, 6.07) is 4.05.